The average molecular weight is 312 g/mol. The van der Waals surface area contributed by atoms with Gasteiger partial charge < -0.3 is 9.32 Å². The van der Waals surface area contributed by atoms with E-state index in [0.29, 0.717) is 12.2 Å². The molecule has 3 aromatic rings. The maximum absolute atomic E-state index is 12.4. The predicted octanol–water partition coefficient (Wildman–Crippen LogP) is 3.98. The van der Waals surface area contributed by atoms with Gasteiger partial charge in [0, 0.05) is 18.0 Å². The van der Waals surface area contributed by atoms with E-state index in [-0.39, 0.29) is 5.91 Å². The summed E-state index contributed by atoms with van der Waals surface area (Å²) in [6.45, 7) is 2.32. The van der Waals surface area contributed by atoms with Crippen molar-refractivity contribution in [1.29, 1.82) is 0 Å². The topological polar surface area (TPSA) is 46.3 Å². The first kappa shape index (κ1) is 14.5. The Bertz CT molecular complexity index is 777. The number of furan rings is 1. The molecule has 0 aliphatic carbocycles. The third kappa shape index (κ3) is 3.09. The van der Waals surface area contributed by atoms with Gasteiger partial charge in [-0.15, -0.1) is 11.3 Å². The van der Waals surface area contributed by atoms with E-state index in [1.807, 2.05) is 49.4 Å². The van der Waals surface area contributed by atoms with Gasteiger partial charge in [-0.2, -0.15) is 0 Å². The zero-order chi connectivity index (χ0) is 15.5. The van der Waals surface area contributed by atoms with Crippen LogP contribution in [0.25, 0.3) is 10.6 Å². The first-order valence-corrected chi connectivity index (χ1v) is 7.83. The maximum atomic E-state index is 12.4. The van der Waals surface area contributed by atoms with E-state index < -0.39 is 0 Å². The number of amides is 1. The normalized spacial score (nSPS) is 10.6. The van der Waals surface area contributed by atoms with E-state index in [0.717, 1.165) is 22.1 Å². The predicted molar refractivity (Wildman–Crippen MR) is 86.8 cm³/mol. The van der Waals surface area contributed by atoms with E-state index in [1.54, 1.807) is 17.3 Å². The fraction of sp³-hybridized carbons (Fsp3) is 0.176. The van der Waals surface area contributed by atoms with Gasteiger partial charge in [0.15, 0.2) is 0 Å². The third-order valence-electron chi connectivity index (χ3n) is 3.28. The van der Waals surface area contributed by atoms with Crippen LogP contribution < -0.4 is 0 Å². The number of benzene rings is 1. The molecule has 4 nitrogen and oxygen atoms in total. The minimum Gasteiger partial charge on any atom is -0.464 e. The van der Waals surface area contributed by atoms with Gasteiger partial charge in [-0.25, -0.2) is 4.98 Å². The molecule has 0 N–H and O–H groups in total. The van der Waals surface area contributed by atoms with Crippen molar-refractivity contribution in [3.8, 4) is 10.6 Å². The molecule has 5 heteroatoms. The number of aromatic nitrogens is 1. The average Bonchev–Trinajstić information content (AvgIpc) is 3.17. The van der Waals surface area contributed by atoms with Crippen molar-refractivity contribution in [2.75, 3.05) is 7.05 Å². The Kier molecular flexibility index (Phi) is 4.06. The highest BCUT2D eigenvalue weighted by atomic mass is 32.1. The van der Waals surface area contributed by atoms with Crippen LogP contribution >= 0.6 is 11.3 Å². The fourth-order valence-corrected chi connectivity index (χ4v) is 2.96. The van der Waals surface area contributed by atoms with Crippen LogP contribution in [0.15, 0.2) is 52.3 Å². The summed E-state index contributed by atoms with van der Waals surface area (Å²) < 4.78 is 5.50. The van der Waals surface area contributed by atoms with E-state index >= 15 is 0 Å². The van der Waals surface area contributed by atoms with Gasteiger partial charge in [-0.1, -0.05) is 30.3 Å². The highest BCUT2D eigenvalue weighted by Gasteiger charge is 2.17. The number of carbonyl (C=O) groups is 1. The molecule has 0 saturated heterocycles. The molecule has 0 bridgehead atoms. The van der Waals surface area contributed by atoms with Gasteiger partial charge in [0.2, 0.25) is 0 Å². The lowest BCUT2D eigenvalue weighted by Gasteiger charge is -2.13. The van der Waals surface area contributed by atoms with Gasteiger partial charge in [0.25, 0.3) is 5.91 Å². The molecule has 22 heavy (non-hydrogen) atoms. The first-order chi connectivity index (χ1) is 10.6. The zero-order valence-corrected chi connectivity index (χ0v) is 13.3. The summed E-state index contributed by atoms with van der Waals surface area (Å²) in [6.07, 6.45) is 0. The molecular formula is C17H16N2O2S. The lowest BCUT2D eigenvalue weighted by molar-refractivity contribution is 0.0770. The number of nitrogens with zero attached hydrogens (tertiary/aromatic N) is 2. The molecule has 0 radical (unpaired) electrons. The van der Waals surface area contributed by atoms with Gasteiger partial charge >= 0.3 is 0 Å². The van der Waals surface area contributed by atoms with Crippen LogP contribution in [-0.2, 0) is 6.54 Å². The maximum Gasteiger partial charge on any atom is 0.273 e. The molecule has 1 amide bonds. The molecule has 112 valence electrons. The second-order valence-electron chi connectivity index (χ2n) is 5.08. The SMILES string of the molecule is Cc1ccc(CN(C)C(=O)c2csc(-c3ccccc3)n2)o1. The molecule has 0 aliphatic rings. The van der Waals surface area contributed by atoms with Crippen LogP contribution in [0.3, 0.4) is 0 Å². The molecule has 0 unspecified atom stereocenters. The number of aryl methyl sites for hydroxylation is 1. The van der Waals surface area contributed by atoms with E-state index in [4.69, 9.17) is 4.42 Å². The van der Waals surface area contributed by atoms with Crippen LogP contribution in [0.1, 0.15) is 22.0 Å². The summed E-state index contributed by atoms with van der Waals surface area (Å²) in [5, 5.41) is 2.65. The minimum atomic E-state index is -0.104. The van der Waals surface area contributed by atoms with Crippen molar-refractivity contribution in [1.82, 2.24) is 9.88 Å². The standard InChI is InChI=1S/C17H16N2O2S/c1-12-8-9-14(21-12)10-19(2)17(20)15-11-22-16(18-15)13-6-4-3-5-7-13/h3-9,11H,10H2,1-2H3. The summed E-state index contributed by atoms with van der Waals surface area (Å²) in [7, 11) is 1.75. The molecule has 0 aliphatic heterocycles. The highest BCUT2D eigenvalue weighted by Crippen LogP contribution is 2.24. The number of hydrogen-bond acceptors (Lipinski definition) is 4. The third-order valence-corrected chi connectivity index (χ3v) is 4.17. The van der Waals surface area contributed by atoms with E-state index in [2.05, 4.69) is 4.98 Å². The highest BCUT2D eigenvalue weighted by molar-refractivity contribution is 7.13. The Labute approximate surface area is 133 Å². The van der Waals surface area contributed by atoms with Gasteiger partial charge in [0.05, 0.1) is 6.54 Å². The number of rotatable bonds is 4. The first-order valence-electron chi connectivity index (χ1n) is 6.95. The molecule has 2 heterocycles. The van der Waals surface area contributed by atoms with Crippen molar-refractivity contribution in [2.24, 2.45) is 0 Å². The Hall–Kier alpha value is -2.40. The summed E-state index contributed by atoms with van der Waals surface area (Å²) in [5.41, 5.74) is 1.49. The van der Waals surface area contributed by atoms with Crippen LogP contribution in [0.4, 0.5) is 0 Å². The molecule has 0 saturated carbocycles. The summed E-state index contributed by atoms with van der Waals surface area (Å²) >= 11 is 1.48. The Balaban J connectivity index is 1.74. The number of carbonyl (C=O) groups excluding carboxylic acids is 1. The number of thiazole rings is 1. The van der Waals surface area contributed by atoms with Crippen LogP contribution in [0.5, 0.6) is 0 Å². The lowest BCUT2D eigenvalue weighted by Crippen LogP contribution is -2.26. The smallest absolute Gasteiger partial charge is 0.273 e. The van der Waals surface area contributed by atoms with Gasteiger partial charge in [-0.3, -0.25) is 4.79 Å². The molecule has 3 rings (SSSR count). The van der Waals surface area contributed by atoms with Gasteiger partial charge in [0.1, 0.15) is 22.2 Å². The Morgan fingerprint density at radius 2 is 2.00 bits per heavy atom. The summed E-state index contributed by atoms with van der Waals surface area (Å²) in [6, 6.07) is 13.6. The lowest BCUT2D eigenvalue weighted by atomic mass is 10.2. The van der Waals surface area contributed by atoms with E-state index in [1.165, 1.54) is 11.3 Å². The van der Waals surface area contributed by atoms with Crippen LogP contribution in [-0.4, -0.2) is 22.8 Å². The monoisotopic (exact) mass is 312 g/mol. The van der Waals surface area contributed by atoms with Crippen LogP contribution in [0, 0.1) is 6.92 Å². The molecule has 0 spiro atoms. The van der Waals surface area contributed by atoms with Crippen LogP contribution in [0.2, 0.25) is 0 Å². The second kappa shape index (κ2) is 6.15. The van der Waals surface area contributed by atoms with Crippen molar-refractivity contribution < 1.29 is 9.21 Å². The molecule has 1 aromatic carbocycles. The molecular weight excluding hydrogens is 296 g/mol. The molecule has 0 atom stereocenters. The van der Waals surface area contributed by atoms with Crippen molar-refractivity contribution in [3.05, 3.63) is 65.1 Å². The van der Waals surface area contributed by atoms with E-state index in [9.17, 15) is 4.79 Å². The summed E-state index contributed by atoms with van der Waals surface area (Å²) in [4.78, 5) is 18.5. The Morgan fingerprint density at radius 1 is 1.23 bits per heavy atom. The number of hydrogen-bond donors (Lipinski definition) is 0. The Morgan fingerprint density at radius 3 is 2.68 bits per heavy atom. The second-order valence-corrected chi connectivity index (χ2v) is 5.94. The van der Waals surface area contributed by atoms with Crippen molar-refractivity contribution >= 4 is 17.2 Å². The molecule has 2 aromatic heterocycles. The zero-order valence-electron chi connectivity index (χ0n) is 12.4. The minimum absolute atomic E-state index is 0.104. The fourth-order valence-electron chi connectivity index (χ4n) is 2.16. The quantitative estimate of drug-likeness (QED) is 0.732. The van der Waals surface area contributed by atoms with Crippen molar-refractivity contribution in [3.63, 3.8) is 0 Å². The largest absolute Gasteiger partial charge is 0.464 e. The summed E-state index contributed by atoms with van der Waals surface area (Å²) in [5.74, 6) is 1.51. The van der Waals surface area contributed by atoms with Gasteiger partial charge in [-0.05, 0) is 19.1 Å². The van der Waals surface area contributed by atoms with Crippen molar-refractivity contribution in [2.45, 2.75) is 13.5 Å². The molecule has 0 fully saturated rings.